The van der Waals surface area contributed by atoms with Crippen LogP contribution >= 0.6 is 0 Å². The number of rotatable bonds is 1. The van der Waals surface area contributed by atoms with Crippen molar-refractivity contribution in [2.75, 3.05) is 0 Å². The lowest BCUT2D eigenvalue weighted by atomic mass is 10.1. The molecule has 3 heterocycles. The smallest absolute Gasteiger partial charge is 0.354 e. The molecule has 25 heavy (non-hydrogen) atoms. The molecule has 0 radical (unpaired) electrons. The highest BCUT2D eigenvalue weighted by Gasteiger charge is 2.34. The predicted molar refractivity (Wildman–Crippen MR) is 84.2 cm³/mol. The van der Waals surface area contributed by atoms with Crippen molar-refractivity contribution in [3.05, 3.63) is 70.7 Å². The van der Waals surface area contributed by atoms with Crippen molar-refractivity contribution in [2.24, 2.45) is 0 Å². The van der Waals surface area contributed by atoms with E-state index in [4.69, 9.17) is 0 Å². The Bertz CT molecular complexity index is 1170. The molecule has 0 aliphatic rings. The molecule has 4 aromatic rings. The number of hydrogen-bond donors (Lipinski definition) is 1. The Balaban J connectivity index is 2.09. The second kappa shape index (κ2) is 5.17. The third-order valence-electron chi connectivity index (χ3n) is 3.98. The second-order valence-electron chi connectivity index (χ2n) is 5.49. The van der Waals surface area contributed by atoms with Gasteiger partial charge in [-0.3, -0.25) is 14.3 Å². The van der Waals surface area contributed by atoms with Crippen LogP contribution in [0, 0.1) is 5.82 Å². The molecule has 0 aliphatic heterocycles. The summed E-state index contributed by atoms with van der Waals surface area (Å²) in [6.45, 7) is 0. The third-order valence-corrected chi connectivity index (χ3v) is 3.98. The number of H-pyrrole nitrogens is 1. The van der Waals surface area contributed by atoms with Gasteiger partial charge < -0.3 is 4.98 Å². The van der Waals surface area contributed by atoms with Crippen molar-refractivity contribution >= 4 is 21.8 Å². The van der Waals surface area contributed by atoms with Crippen LogP contribution < -0.4 is 5.56 Å². The molecule has 0 unspecified atom stereocenters. The van der Waals surface area contributed by atoms with Gasteiger partial charge in [0.05, 0.1) is 28.4 Å². The Morgan fingerprint density at radius 3 is 2.64 bits per heavy atom. The molecule has 8 heteroatoms. The third kappa shape index (κ3) is 2.37. The molecule has 0 aliphatic carbocycles. The quantitative estimate of drug-likeness (QED) is 0.529. The number of nitrogens with zero attached hydrogens (tertiary/aromatic N) is 2. The lowest BCUT2D eigenvalue weighted by Gasteiger charge is -2.13. The number of benzene rings is 1. The second-order valence-corrected chi connectivity index (χ2v) is 5.49. The maximum atomic E-state index is 13.5. The van der Waals surface area contributed by atoms with Crippen LogP contribution in [0.5, 0.6) is 0 Å². The van der Waals surface area contributed by atoms with E-state index in [1.54, 1.807) is 0 Å². The van der Waals surface area contributed by atoms with Crippen LogP contribution in [0.15, 0.2) is 53.7 Å². The SMILES string of the molecule is O=c1c2c(ccn1-c1cnccc1C(F)(F)F)[nH]c1ccc(F)cc12. The number of hydrogen-bond acceptors (Lipinski definition) is 2. The number of alkyl halides is 3. The molecule has 0 spiro atoms. The highest BCUT2D eigenvalue weighted by molar-refractivity contribution is 6.06. The highest BCUT2D eigenvalue weighted by atomic mass is 19.4. The fourth-order valence-corrected chi connectivity index (χ4v) is 2.89. The summed E-state index contributed by atoms with van der Waals surface area (Å²) in [5.74, 6) is -0.541. The van der Waals surface area contributed by atoms with Crippen molar-refractivity contribution < 1.29 is 17.6 Å². The molecule has 0 saturated carbocycles. The number of aromatic nitrogens is 3. The molecule has 0 amide bonds. The van der Waals surface area contributed by atoms with E-state index in [0.717, 1.165) is 23.0 Å². The maximum Gasteiger partial charge on any atom is 0.418 e. The van der Waals surface area contributed by atoms with Crippen LogP contribution in [0.25, 0.3) is 27.5 Å². The van der Waals surface area contributed by atoms with E-state index in [9.17, 15) is 22.4 Å². The Hall–Kier alpha value is -3.16. The summed E-state index contributed by atoms with van der Waals surface area (Å²) in [6, 6.07) is 6.16. The minimum atomic E-state index is -4.64. The van der Waals surface area contributed by atoms with E-state index in [1.807, 2.05) is 0 Å². The average Bonchev–Trinajstić information content (AvgIpc) is 2.93. The van der Waals surface area contributed by atoms with Gasteiger partial charge in [0.1, 0.15) is 5.82 Å². The topological polar surface area (TPSA) is 50.7 Å². The lowest BCUT2D eigenvalue weighted by molar-refractivity contribution is -0.137. The van der Waals surface area contributed by atoms with Gasteiger partial charge in [-0.1, -0.05) is 0 Å². The van der Waals surface area contributed by atoms with Crippen molar-refractivity contribution in [1.29, 1.82) is 0 Å². The van der Waals surface area contributed by atoms with Gasteiger partial charge in [0.15, 0.2) is 0 Å². The van der Waals surface area contributed by atoms with Crippen LogP contribution in [0.4, 0.5) is 17.6 Å². The predicted octanol–water partition coefficient (Wildman–Crippen LogP) is 4.02. The summed E-state index contributed by atoms with van der Waals surface area (Å²) < 4.78 is 54.1. The monoisotopic (exact) mass is 347 g/mol. The molecule has 126 valence electrons. The van der Waals surface area contributed by atoms with E-state index < -0.39 is 23.1 Å². The van der Waals surface area contributed by atoms with Crippen molar-refractivity contribution in [3.63, 3.8) is 0 Å². The first-order chi connectivity index (χ1) is 11.9. The van der Waals surface area contributed by atoms with Gasteiger partial charge in [-0.25, -0.2) is 4.39 Å². The standard InChI is InChI=1S/C17H9F4N3O/c18-9-1-2-12-10(7-9)15-13(23-12)4-6-24(16(15)25)14-8-22-5-3-11(14)17(19,20)21/h1-8,23H. The van der Waals surface area contributed by atoms with Crippen molar-refractivity contribution in [1.82, 2.24) is 14.5 Å². The van der Waals surface area contributed by atoms with Crippen LogP contribution in [-0.2, 0) is 6.18 Å². The molecular formula is C17H9F4N3O. The summed E-state index contributed by atoms with van der Waals surface area (Å²) in [6.07, 6.45) is -1.41. The fourth-order valence-electron chi connectivity index (χ4n) is 2.89. The van der Waals surface area contributed by atoms with E-state index in [-0.39, 0.29) is 11.1 Å². The van der Waals surface area contributed by atoms with Crippen molar-refractivity contribution in [2.45, 2.75) is 6.18 Å². The maximum absolute atomic E-state index is 13.5. The molecule has 1 aromatic carbocycles. The van der Waals surface area contributed by atoms with Crippen LogP contribution in [0.3, 0.4) is 0 Å². The van der Waals surface area contributed by atoms with Gasteiger partial charge in [-0.05, 0) is 30.3 Å². The zero-order valence-electron chi connectivity index (χ0n) is 12.4. The normalized spacial score (nSPS) is 12.2. The molecule has 0 bridgehead atoms. The zero-order valence-corrected chi connectivity index (χ0v) is 12.4. The average molecular weight is 347 g/mol. The van der Waals surface area contributed by atoms with Gasteiger partial charge in [0, 0.05) is 23.3 Å². The lowest BCUT2D eigenvalue weighted by Crippen LogP contribution is -2.21. The molecule has 3 aromatic heterocycles. The Morgan fingerprint density at radius 1 is 1.08 bits per heavy atom. The first kappa shape index (κ1) is 15.4. The van der Waals surface area contributed by atoms with Crippen LogP contribution in [0.2, 0.25) is 0 Å². The van der Waals surface area contributed by atoms with Gasteiger partial charge in [-0.2, -0.15) is 13.2 Å². The summed E-state index contributed by atoms with van der Waals surface area (Å²) in [4.78, 5) is 19.5. The summed E-state index contributed by atoms with van der Waals surface area (Å²) in [5, 5.41) is 0.431. The minimum Gasteiger partial charge on any atom is -0.354 e. The van der Waals surface area contributed by atoms with E-state index in [1.165, 1.54) is 30.5 Å². The number of nitrogens with one attached hydrogen (secondary N) is 1. The van der Waals surface area contributed by atoms with Crippen molar-refractivity contribution in [3.8, 4) is 5.69 Å². The largest absolute Gasteiger partial charge is 0.418 e. The van der Waals surface area contributed by atoms with Crippen LogP contribution in [-0.4, -0.2) is 14.5 Å². The number of pyridine rings is 2. The van der Waals surface area contributed by atoms with E-state index in [2.05, 4.69) is 9.97 Å². The van der Waals surface area contributed by atoms with E-state index >= 15 is 0 Å². The highest BCUT2D eigenvalue weighted by Crippen LogP contribution is 2.33. The Morgan fingerprint density at radius 2 is 1.88 bits per heavy atom. The van der Waals surface area contributed by atoms with Gasteiger partial charge in [0.25, 0.3) is 5.56 Å². The molecule has 0 atom stereocenters. The summed E-state index contributed by atoms with van der Waals surface area (Å²) in [7, 11) is 0. The molecule has 0 fully saturated rings. The number of fused-ring (bicyclic) bond motifs is 3. The molecule has 0 saturated heterocycles. The zero-order chi connectivity index (χ0) is 17.8. The fraction of sp³-hybridized carbons (Fsp3) is 0.0588. The molecule has 1 N–H and O–H groups in total. The first-order valence-electron chi connectivity index (χ1n) is 7.20. The Kier molecular flexibility index (Phi) is 3.18. The number of halogens is 4. The first-order valence-corrected chi connectivity index (χ1v) is 7.20. The molecule has 4 rings (SSSR count). The van der Waals surface area contributed by atoms with Gasteiger partial charge in [0.2, 0.25) is 0 Å². The van der Waals surface area contributed by atoms with Gasteiger partial charge >= 0.3 is 6.18 Å². The molecule has 4 nitrogen and oxygen atoms in total. The summed E-state index contributed by atoms with van der Waals surface area (Å²) >= 11 is 0. The summed E-state index contributed by atoms with van der Waals surface area (Å²) in [5.41, 5.74) is -1.11. The van der Waals surface area contributed by atoms with Gasteiger partial charge in [-0.15, -0.1) is 0 Å². The minimum absolute atomic E-state index is 0.119. The molecular weight excluding hydrogens is 338 g/mol. The number of aromatic amines is 1. The van der Waals surface area contributed by atoms with Crippen LogP contribution in [0.1, 0.15) is 5.56 Å². The van der Waals surface area contributed by atoms with E-state index in [0.29, 0.717) is 16.4 Å². The Labute approximate surface area is 137 Å².